The van der Waals surface area contributed by atoms with Crippen LogP contribution in [0.1, 0.15) is 19.8 Å². The van der Waals surface area contributed by atoms with Gasteiger partial charge in [-0.1, -0.05) is 13.3 Å². The number of hydrogen-bond acceptors (Lipinski definition) is 4. The molecule has 0 saturated carbocycles. The number of esters is 1. The molecule has 0 heterocycles. The van der Waals surface area contributed by atoms with E-state index in [2.05, 4.69) is 0 Å². The first kappa shape index (κ1) is 13.3. The van der Waals surface area contributed by atoms with Crippen molar-refractivity contribution in [1.82, 2.24) is 0 Å². The molecule has 0 aliphatic rings. The van der Waals surface area contributed by atoms with E-state index in [9.17, 15) is 9.18 Å². The van der Waals surface area contributed by atoms with E-state index in [1.807, 2.05) is 6.92 Å². The number of benzene rings is 1. The summed E-state index contributed by atoms with van der Waals surface area (Å²) >= 11 is 0. The van der Waals surface area contributed by atoms with E-state index >= 15 is 0 Å². The van der Waals surface area contributed by atoms with Gasteiger partial charge in [-0.05, 0) is 18.6 Å². The molecule has 0 aliphatic heterocycles. The third-order valence-electron chi connectivity index (χ3n) is 2.08. The van der Waals surface area contributed by atoms with Crippen LogP contribution in [0.15, 0.2) is 18.2 Å². The van der Waals surface area contributed by atoms with Crippen LogP contribution in [0.5, 0.6) is 5.75 Å². The van der Waals surface area contributed by atoms with Gasteiger partial charge in [0.05, 0.1) is 12.3 Å². The lowest BCUT2D eigenvalue weighted by molar-refractivity contribution is -0.146. The van der Waals surface area contributed by atoms with E-state index in [1.54, 1.807) is 0 Å². The van der Waals surface area contributed by atoms with Crippen molar-refractivity contribution in [3.8, 4) is 5.75 Å². The Morgan fingerprint density at radius 2 is 2.24 bits per heavy atom. The third kappa shape index (κ3) is 4.72. The molecule has 2 N–H and O–H groups in total. The highest BCUT2D eigenvalue weighted by atomic mass is 19.1. The van der Waals surface area contributed by atoms with Crippen molar-refractivity contribution in [2.24, 2.45) is 0 Å². The predicted molar refractivity (Wildman–Crippen MR) is 62.2 cm³/mol. The second kappa shape index (κ2) is 6.73. The number of carbonyl (C=O) groups excluding carboxylic acids is 1. The van der Waals surface area contributed by atoms with Crippen molar-refractivity contribution in [3.63, 3.8) is 0 Å². The van der Waals surface area contributed by atoms with Gasteiger partial charge in [-0.2, -0.15) is 0 Å². The average molecular weight is 241 g/mol. The molecule has 0 radical (unpaired) electrons. The molecular weight excluding hydrogens is 225 g/mol. The first-order valence-corrected chi connectivity index (χ1v) is 5.47. The SMILES string of the molecule is CCCCOC(=O)COc1cc(F)ccc1N. The summed E-state index contributed by atoms with van der Waals surface area (Å²) in [6, 6.07) is 3.74. The van der Waals surface area contributed by atoms with E-state index < -0.39 is 11.8 Å². The second-order valence-electron chi connectivity index (χ2n) is 3.54. The smallest absolute Gasteiger partial charge is 0.344 e. The Kier molecular flexibility index (Phi) is 5.26. The maximum atomic E-state index is 12.9. The molecule has 0 amide bonds. The van der Waals surface area contributed by atoms with Gasteiger partial charge in [0.1, 0.15) is 11.6 Å². The Morgan fingerprint density at radius 3 is 2.94 bits per heavy atom. The van der Waals surface area contributed by atoms with Crippen LogP contribution in [0.4, 0.5) is 10.1 Å². The average Bonchev–Trinajstić information content (AvgIpc) is 2.31. The molecule has 1 rings (SSSR count). The van der Waals surface area contributed by atoms with E-state index in [4.69, 9.17) is 15.2 Å². The van der Waals surface area contributed by atoms with E-state index in [0.29, 0.717) is 6.61 Å². The summed E-state index contributed by atoms with van der Waals surface area (Å²) < 4.78 is 22.8. The molecule has 0 saturated heterocycles. The Hall–Kier alpha value is -1.78. The fourth-order valence-electron chi connectivity index (χ4n) is 1.14. The number of unbranched alkanes of at least 4 members (excludes halogenated alkanes) is 1. The molecule has 0 aliphatic carbocycles. The summed E-state index contributed by atoms with van der Waals surface area (Å²) in [4.78, 5) is 11.2. The minimum atomic E-state index is -0.484. The molecule has 17 heavy (non-hydrogen) atoms. The van der Waals surface area contributed by atoms with Gasteiger partial charge >= 0.3 is 5.97 Å². The zero-order valence-electron chi connectivity index (χ0n) is 9.74. The molecule has 4 nitrogen and oxygen atoms in total. The standard InChI is InChI=1S/C12H16FNO3/c1-2-3-6-16-12(15)8-17-11-7-9(13)4-5-10(11)14/h4-5,7H,2-3,6,8,14H2,1H3. The van der Waals surface area contributed by atoms with Crippen LogP contribution in [-0.2, 0) is 9.53 Å². The van der Waals surface area contributed by atoms with Crippen molar-refractivity contribution in [3.05, 3.63) is 24.0 Å². The first-order chi connectivity index (χ1) is 8.13. The van der Waals surface area contributed by atoms with Gasteiger partial charge in [0, 0.05) is 6.07 Å². The number of anilines is 1. The summed E-state index contributed by atoms with van der Waals surface area (Å²) in [5, 5.41) is 0. The highest BCUT2D eigenvalue weighted by molar-refractivity contribution is 5.71. The number of nitrogen functional groups attached to an aromatic ring is 1. The van der Waals surface area contributed by atoms with Gasteiger partial charge in [-0.15, -0.1) is 0 Å². The maximum Gasteiger partial charge on any atom is 0.344 e. The van der Waals surface area contributed by atoms with Crippen LogP contribution in [0, 0.1) is 5.82 Å². The largest absolute Gasteiger partial charge is 0.480 e. The van der Waals surface area contributed by atoms with Crippen molar-refractivity contribution in [2.45, 2.75) is 19.8 Å². The van der Waals surface area contributed by atoms with Crippen LogP contribution in [0.2, 0.25) is 0 Å². The highest BCUT2D eigenvalue weighted by Crippen LogP contribution is 2.21. The molecule has 0 spiro atoms. The summed E-state index contributed by atoms with van der Waals surface area (Å²) in [6.07, 6.45) is 1.76. The van der Waals surface area contributed by atoms with Gasteiger partial charge in [0.25, 0.3) is 0 Å². The lowest BCUT2D eigenvalue weighted by Crippen LogP contribution is -2.16. The fourth-order valence-corrected chi connectivity index (χ4v) is 1.14. The minimum absolute atomic E-state index is 0.150. The molecule has 1 aromatic rings. The van der Waals surface area contributed by atoms with Crippen molar-refractivity contribution in [1.29, 1.82) is 0 Å². The Bertz CT molecular complexity index is 382. The highest BCUT2D eigenvalue weighted by Gasteiger charge is 2.07. The summed E-state index contributed by atoms with van der Waals surface area (Å²) in [6.45, 7) is 2.10. The van der Waals surface area contributed by atoms with Gasteiger partial charge in [-0.25, -0.2) is 9.18 Å². The molecule has 1 aromatic carbocycles. The van der Waals surface area contributed by atoms with Gasteiger partial charge in [0.2, 0.25) is 0 Å². The second-order valence-corrected chi connectivity index (χ2v) is 3.54. The fraction of sp³-hybridized carbons (Fsp3) is 0.417. The molecule has 0 fully saturated rings. The molecule has 5 heteroatoms. The summed E-state index contributed by atoms with van der Waals surface area (Å²) in [5.74, 6) is -0.798. The Labute approximate surface area is 99.5 Å². The third-order valence-corrected chi connectivity index (χ3v) is 2.08. The normalized spacial score (nSPS) is 10.0. The Morgan fingerprint density at radius 1 is 1.47 bits per heavy atom. The van der Waals surface area contributed by atoms with Crippen LogP contribution < -0.4 is 10.5 Å². The first-order valence-electron chi connectivity index (χ1n) is 5.47. The van der Waals surface area contributed by atoms with E-state index in [0.717, 1.165) is 18.9 Å². The zero-order chi connectivity index (χ0) is 12.7. The summed E-state index contributed by atoms with van der Waals surface area (Å²) in [7, 11) is 0. The Balaban J connectivity index is 2.39. The van der Waals surface area contributed by atoms with Crippen LogP contribution >= 0.6 is 0 Å². The molecule has 0 unspecified atom stereocenters. The minimum Gasteiger partial charge on any atom is -0.480 e. The quantitative estimate of drug-likeness (QED) is 0.471. The monoisotopic (exact) mass is 241 g/mol. The number of nitrogens with two attached hydrogens (primary N) is 1. The molecule has 0 aromatic heterocycles. The zero-order valence-corrected chi connectivity index (χ0v) is 9.74. The number of rotatable bonds is 6. The van der Waals surface area contributed by atoms with Gasteiger partial charge < -0.3 is 15.2 Å². The molecular formula is C12H16FNO3. The van der Waals surface area contributed by atoms with Crippen LogP contribution in [0.3, 0.4) is 0 Å². The summed E-state index contributed by atoms with van der Waals surface area (Å²) in [5.41, 5.74) is 5.84. The molecule has 94 valence electrons. The van der Waals surface area contributed by atoms with Crippen molar-refractivity contribution < 1.29 is 18.7 Å². The van der Waals surface area contributed by atoms with Gasteiger partial charge in [-0.3, -0.25) is 0 Å². The maximum absolute atomic E-state index is 12.9. The van der Waals surface area contributed by atoms with Crippen molar-refractivity contribution in [2.75, 3.05) is 18.9 Å². The van der Waals surface area contributed by atoms with Crippen LogP contribution in [0.25, 0.3) is 0 Å². The number of ether oxygens (including phenoxy) is 2. The van der Waals surface area contributed by atoms with E-state index in [-0.39, 0.29) is 18.0 Å². The topological polar surface area (TPSA) is 61.5 Å². The van der Waals surface area contributed by atoms with Crippen molar-refractivity contribution >= 4 is 11.7 Å². The lowest BCUT2D eigenvalue weighted by Gasteiger charge is -2.08. The van der Waals surface area contributed by atoms with E-state index in [1.165, 1.54) is 12.1 Å². The predicted octanol–water partition coefficient (Wildman–Crippen LogP) is 2.13. The number of halogens is 1. The number of carbonyl (C=O) groups is 1. The molecule has 0 atom stereocenters. The molecule has 0 bridgehead atoms. The van der Waals surface area contributed by atoms with Crippen LogP contribution in [-0.4, -0.2) is 19.2 Å². The number of hydrogen-bond donors (Lipinski definition) is 1. The lowest BCUT2D eigenvalue weighted by atomic mass is 10.3. The van der Waals surface area contributed by atoms with Gasteiger partial charge in [0.15, 0.2) is 6.61 Å².